The second-order valence-electron chi connectivity index (χ2n) is 7.82. The predicted molar refractivity (Wildman–Crippen MR) is 114 cm³/mol. The average molecular weight is 417 g/mol. The minimum absolute atomic E-state index is 0.0458. The van der Waals surface area contributed by atoms with Crippen molar-refractivity contribution in [1.82, 2.24) is 9.55 Å². The van der Waals surface area contributed by atoms with Crippen molar-refractivity contribution in [3.63, 3.8) is 0 Å². The summed E-state index contributed by atoms with van der Waals surface area (Å²) in [5.41, 5.74) is 2.43. The summed E-state index contributed by atoms with van der Waals surface area (Å²) in [5, 5.41) is 0.739. The number of carbonyl (C=O) groups excluding carboxylic acids is 1. The normalized spacial score (nSPS) is 22.2. The maximum atomic E-state index is 11.1. The van der Waals surface area contributed by atoms with Gasteiger partial charge >= 0.3 is 0 Å². The molecule has 0 saturated carbocycles. The van der Waals surface area contributed by atoms with Crippen molar-refractivity contribution >= 4 is 17.4 Å². The molecule has 0 aliphatic carbocycles. The molecule has 1 aromatic carbocycles. The average Bonchev–Trinajstić information content (AvgIpc) is 3.35. The maximum Gasteiger partial charge on any atom is 0.187 e. The van der Waals surface area contributed by atoms with E-state index in [1.165, 1.54) is 11.1 Å². The van der Waals surface area contributed by atoms with Crippen LogP contribution in [0.3, 0.4) is 0 Å². The molecule has 29 heavy (non-hydrogen) atoms. The van der Waals surface area contributed by atoms with Crippen molar-refractivity contribution in [2.24, 2.45) is 0 Å². The zero-order valence-corrected chi connectivity index (χ0v) is 17.9. The van der Waals surface area contributed by atoms with Crippen molar-refractivity contribution in [1.29, 1.82) is 0 Å². The Morgan fingerprint density at radius 3 is 2.83 bits per heavy atom. The first-order chi connectivity index (χ1) is 13.9. The van der Waals surface area contributed by atoms with E-state index in [9.17, 15) is 4.79 Å². The van der Waals surface area contributed by atoms with Crippen molar-refractivity contribution in [2.75, 3.05) is 6.61 Å². The van der Waals surface area contributed by atoms with E-state index in [4.69, 9.17) is 21.1 Å². The Labute approximate surface area is 177 Å². The van der Waals surface area contributed by atoms with E-state index in [1.807, 2.05) is 41.1 Å². The van der Waals surface area contributed by atoms with E-state index >= 15 is 0 Å². The molecule has 2 aromatic rings. The summed E-state index contributed by atoms with van der Waals surface area (Å²) in [5.74, 6) is -0.478. The predicted octanol–water partition coefficient (Wildman–Crippen LogP) is 4.99. The SMILES string of the molecule is CC(=O)C/C=C(\C)CC[C@@H]1CO[C@@](CCc2ccc(Cl)cc2)(Cn2ccnc2)O1. The number of ketones is 1. The highest BCUT2D eigenvalue weighted by molar-refractivity contribution is 6.30. The molecule has 0 spiro atoms. The van der Waals surface area contributed by atoms with Crippen LogP contribution in [0.1, 0.15) is 45.1 Å². The van der Waals surface area contributed by atoms with Crippen LogP contribution in [0.15, 0.2) is 54.6 Å². The van der Waals surface area contributed by atoms with Crippen LogP contribution in [0.25, 0.3) is 0 Å². The number of nitrogens with zero attached hydrogens (tertiary/aromatic N) is 2. The van der Waals surface area contributed by atoms with Gasteiger partial charge in [0.1, 0.15) is 5.78 Å². The molecule has 2 atom stereocenters. The third-order valence-corrected chi connectivity index (χ3v) is 5.45. The maximum absolute atomic E-state index is 11.1. The number of aryl methyl sites for hydroxylation is 1. The number of imidazole rings is 1. The second-order valence-corrected chi connectivity index (χ2v) is 8.25. The number of halogens is 1. The van der Waals surface area contributed by atoms with Crippen molar-refractivity contribution < 1.29 is 14.3 Å². The molecular weight excluding hydrogens is 388 g/mol. The summed E-state index contributed by atoms with van der Waals surface area (Å²) in [6.45, 7) is 4.87. The van der Waals surface area contributed by atoms with Crippen LogP contribution in [0.5, 0.6) is 0 Å². The molecule has 0 unspecified atom stereocenters. The Kier molecular flexibility index (Phi) is 7.64. The van der Waals surface area contributed by atoms with Gasteiger partial charge in [0, 0.05) is 30.3 Å². The molecule has 1 aliphatic heterocycles. The van der Waals surface area contributed by atoms with Crippen LogP contribution in [-0.4, -0.2) is 33.8 Å². The van der Waals surface area contributed by atoms with Gasteiger partial charge in [0.15, 0.2) is 5.79 Å². The summed E-state index contributed by atoms with van der Waals surface area (Å²) in [4.78, 5) is 15.3. The van der Waals surface area contributed by atoms with Crippen LogP contribution >= 0.6 is 11.6 Å². The largest absolute Gasteiger partial charge is 0.345 e. The lowest BCUT2D eigenvalue weighted by atomic mass is 10.0. The van der Waals surface area contributed by atoms with Crippen molar-refractivity contribution in [2.45, 2.75) is 64.4 Å². The van der Waals surface area contributed by atoms with Crippen LogP contribution < -0.4 is 0 Å². The highest BCUT2D eigenvalue weighted by Crippen LogP contribution is 2.33. The topological polar surface area (TPSA) is 53.4 Å². The number of hydrogen-bond acceptors (Lipinski definition) is 4. The standard InChI is InChI=1S/C23H29ClN2O3/c1-18(3-5-19(2)27)4-10-22-15-28-23(29-22,16-26-14-13-25-17-26)12-11-20-6-8-21(24)9-7-20/h3,6-9,13-14,17,22H,4-5,10-12,15-16H2,1-2H3/b18-3+/t22-,23-/m1/s1. The number of Topliss-reactive ketones (excluding diaryl/α,β-unsaturated/α-hetero) is 1. The fourth-order valence-corrected chi connectivity index (χ4v) is 3.63. The number of hydrogen-bond donors (Lipinski definition) is 0. The molecule has 1 saturated heterocycles. The quantitative estimate of drug-likeness (QED) is 0.512. The molecular formula is C23H29ClN2O3. The highest BCUT2D eigenvalue weighted by atomic mass is 35.5. The van der Waals surface area contributed by atoms with Gasteiger partial charge in [0.05, 0.1) is 25.6 Å². The van der Waals surface area contributed by atoms with E-state index in [0.29, 0.717) is 19.6 Å². The van der Waals surface area contributed by atoms with E-state index in [0.717, 1.165) is 30.7 Å². The molecule has 2 heterocycles. The van der Waals surface area contributed by atoms with E-state index < -0.39 is 5.79 Å². The summed E-state index contributed by atoms with van der Waals surface area (Å²) in [7, 11) is 0. The second kappa shape index (κ2) is 10.2. The zero-order chi connectivity index (χ0) is 20.7. The number of rotatable bonds is 10. The molecule has 0 radical (unpaired) electrons. The molecule has 1 aliphatic rings. The van der Waals surface area contributed by atoms with Gasteiger partial charge in [-0.1, -0.05) is 35.4 Å². The lowest BCUT2D eigenvalue weighted by molar-refractivity contribution is -0.182. The van der Waals surface area contributed by atoms with Crippen molar-refractivity contribution in [3.05, 3.63) is 65.2 Å². The van der Waals surface area contributed by atoms with Gasteiger partial charge in [-0.25, -0.2) is 4.98 Å². The summed E-state index contributed by atoms with van der Waals surface area (Å²) in [6.07, 6.45) is 11.4. The Morgan fingerprint density at radius 1 is 1.34 bits per heavy atom. The van der Waals surface area contributed by atoms with Crippen LogP contribution in [0.2, 0.25) is 5.02 Å². The van der Waals surface area contributed by atoms with Crippen LogP contribution in [-0.2, 0) is 27.2 Å². The number of carbonyl (C=O) groups is 1. The first-order valence-electron chi connectivity index (χ1n) is 10.1. The van der Waals surface area contributed by atoms with E-state index in [-0.39, 0.29) is 11.9 Å². The summed E-state index contributed by atoms with van der Waals surface area (Å²) < 4.78 is 14.7. The van der Waals surface area contributed by atoms with Crippen molar-refractivity contribution in [3.8, 4) is 0 Å². The van der Waals surface area contributed by atoms with Crippen LogP contribution in [0.4, 0.5) is 0 Å². The van der Waals surface area contributed by atoms with Gasteiger partial charge in [-0.15, -0.1) is 0 Å². The lowest BCUT2D eigenvalue weighted by Crippen LogP contribution is -2.36. The molecule has 0 N–H and O–H groups in total. The van der Waals surface area contributed by atoms with Gasteiger partial charge < -0.3 is 14.0 Å². The highest BCUT2D eigenvalue weighted by Gasteiger charge is 2.41. The minimum atomic E-state index is -0.665. The smallest absolute Gasteiger partial charge is 0.187 e. The van der Waals surface area contributed by atoms with Gasteiger partial charge in [0.25, 0.3) is 0 Å². The van der Waals surface area contributed by atoms with Gasteiger partial charge in [-0.05, 0) is 50.8 Å². The van der Waals surface area contributed by atoms with Gasteiger partial charge in [-0.2, -0.15) is 0 Å². The molecule has 0 bridgehead atoms. The molecule has 6 heteroatoms. The first-order valence-corrected chi connectivity index (χ1v) is 10.5. The fraction of sp³-hybridized carbons (Fsp3) is 0.478. The Morgan fingerprint density at radius 2 is 2.14 bits per heavy atom. The fourth-order valence-electron chi connectivity index (χ4n) is 3.50. The molecule has 1 fully saturated rings. The van der Waals surface area contributed by atoms with Gasteiger partial charge in [0.2, 0.25) is 0 Å². The summed E-state index contributed by atoms with van der Waals surface area (Å²) >= 11 is 6.00. The molecule has 5 nitrogen and oxygen atoms in total. The van der Waals surface area contributed by atoms with Crippen LogP contribution in [0, 0.1) is 0 Å². The monoisotopic (exact) mass is 416 g/mol. The molecule has 0 amide bonds. The zero-order valence-electron chi connectivity index (χ0n) is 17.1. The molecule has 3 rings (SSSR count). The van der Waals surface area contributed by atoms with Gasteiger partial charge in [-0.3, -0.25) is 4.79 Å². The lowest BCUT2D eigenvalue weighted by Gasteiger charge is -2.29. The Hall–Kier alpha value is -1.95. The number of ether oxygens (including phenoxy) is 2. The van der Waals surface area contributed by atoms with E-state index in [1.54, 1.807) is 19.4 Å². The third kappa shape index (κ3) is 6.81. The number of benzene rings is 1. The van der Waals surface area contributed by atoms with E-state index in [2.05, 4.69) is 11.9 Å². The summed E-state index contributed by atoms with van der Waals surface area (Å²) in [6, 6.07) is 7.91. The first kappa shape index (κ1) is 21.8. The molecule has 1 aromatic heterocycles. The third-order valence-electron chi connectivity index (χ3n) is 5.20. The number of allylic oxidation sites excluding steroid dienone is 2. The number of aromatic nitrogens is 2. The Balaban J connectivity index is 1.61. The molecule has 156 valence electrons. The minimum Gasteiger partial charge on any atom is -0.345 e. The Bertz CT molecular complexity index is 817.